The molecule has 42 valence electrons. The van der Waals surface area contributed by atoms with Gasteiger partial charge in [0, 0.05) is 0 Å². The fourth-order valence-corrected chi connectivity index (χ4v) is 0. The minimum Gasteiger partial charge on any atom is -0.385 e. The second-order valence-corrected chi connectivity index (χ2v) is 4.60. The van der Waals surface area contributed by atoms with Gasteiger partial charge >= 0.3 is 0 Å². The van der Waals surface area contributed by atoms with E-state index in [-0.39, 0.29) is 5.84 Å². The maximum atomic E-state index is 6.70. The molecule has 0 saturated carbocycles. The smallest absolute Gasteiger partial charge is 0.184 e. The summed E-state index contributed by atoms with van der Waals surface area (Å²) < 4.78 is -1.01. The molecule has 0 heterocycles. The Kier molecular flexibility index (Phi) is 2.22. The van der Waals surface area contributed by atoms with Crippen molar-refractivity contribution in [3.8, 4) is 0 Å². The van der Waals surface area contributed by atoms with Gasteiger partial charge in [-0.15, -0.1) is 0 Å². The second-order valence-electron chi connectivity index (χ2n) is 1.04. The molecule has 7 heavy (non-hydrogen) atoms. The third-order valence-corrected chi connectivity index (χ3v) is 1.21. The topological polar surface area (TPSA) is 75.9 Å². The molecule has 0 aliphatic heterocycles. The van der Waals surface area contributed by atoms with Crippen LogP contribution >= 0.6 is 31.9 Å². The van der Waals surface area contributed by atoms with Crippen molar-refractivity contribution >= 4 is 37.7 Å². The van der Waals surface area contributed by atoms with Crippen molar-refractivity contribution in [2.75, 3.05) is 0 Å². The maximum Gasteiger partial charge on any atom is 0.184 e. The summed E-state index contributed by atoms with van der Waals surface area (Å²) in [6.07, 6.45) is 0. The van der Waals surface area contributed by atoms with Gasteiger partial charge in [0.1, 0.15) is 5.84 Å². The van der Waals surface area contributed by atoms with Crippen molar-refractivity contribution in [2.45, 2.75) is 3.36 Å². The normalized spacial score (nSPS) is 11.3. The van der Waals surface area contributed by atoms with Crippen molar-refractivity contribution in [3.63, 3.8) is 0 Å². The number of halogens is 2. The molecule has 0 spiro atoms. The van der Waals surface area contributed by atoms with Crippen molar-refractivity contribution in [2.24, 2.45) is 11.5 Å². The molecule has 5 N–H and O–H groups in total. The lowest BCUT2D eigenvalue weighted by Crippen LogP contribution is -2.39. The first-order chi connectivity index (χ1) is 2.94. The third-order valence-electron chi connectivity index (χ3n) is 0.359. The quantitative estimate of drug-likeness (QED) is 0.263. The molecule has 0 bridgehead atoms. The molecule has 0 aromatic rings. The SMILES string of the molecule is N=C(N)C(N)(Br)Br. The van der Waals surface area contributed by atoms with Gasteiger partial charge in [0.05, 0.1) is 0 Å². The van der Waals surface area contributed by atoms with Gasteiger partial charge in [-0.1, -0.05) is 0 Å². The first-order valence-corrected chi connectivity index (χ1v) is 3.04. The van der Waals surface area contributed by atoms with Crippen molar-refractivity contribution in [3.05, 3.63) is 0 Å². The van der Waals surface area contributed by atoms with Gasteiger partial charge in [-0.25, -0.2) is 0 Å². The van der Waals surface area contributed by atoms with E-state index in [9.17, 15) is 0 Å². The zero-order valence-electron chi connectivity index (χ0n) is 3.41. The van der Waals surface area contributed by atoms with Gasteiger partial charge in [0.15, 0.2) is 3.36 Å². The molecular formula is C2H5Br2N3. The third kappa shape index (κ3) is 3.02. The van der Waals surface area contributed by atoms with Gasteiger partial charge < -0.3 is 11.5 Å². The summed E-state index contributed by atoms with van der Waals surface area (Å²) in [5, 5.41) is 6.70. The number of nitrogens with one attached hydrogen (secondary N) is 1. The Balaban J connectivity index is 3.79. The molecule has 0 aromatic carbocycles. The van der Waals surface area contributed by atoms with Crippen molar-refractivity contribution in [1.82, 2.24) is 0 Å². The van der Waals surface area contributed by atoms with Gasteiger partial charge in [-0.3, -0.25) is 5.41 Å². The van der Waals surface area contributed by atoms with Gasteiger partial charge in [0.25, 0.3) is 0 Å². The zero-order valence-corrected chi connectivity index (χ0v) is 6.58. The summed E-state index contributed by atoms with van der Waals surface area (Å²) in [4.78, 5) is 0. The minimum atomic E-state index is -1.01. The van der Waals surface area contributed by atoms with E-state index in [0.717, 1.165) is 0 Å². The highest BCUT2D eigenvalue weighted by Crippen LogP contribution is 2.16. The maximum absolute atomic E-state index is 6.70. The average Bonchev–Trinajstić information content (AvgIpc) is 1.31. The Morgan fingerprint density at radius 1 is 1.57 bits per heavy atom. The van der Waals surface area contributed by atoms with Crippen LogP contribution in [0.1, 0.15) is 0 Å². The summed E-state index contributed by atoms with van der Waals surface area (Å²) >= 11 is 5.78. The molecule has 0 rings (SSSR count). The zero-order chi connectivity index (χ0) is 6.08. The number of alkyl halides is 2. The first-order valence-electron chi connectivity index (χ1n) is 1.46. The van der Waals surface area contributed by atoms with Gasteiger partial charge in [-0.05, 0) is 31.9 Å². The number of hydrogen-bond donors (Lipinski definition) is 3. The predicted octanol–water partition coefficient (Wildman–Crippen LogP) is 0.325. The lowest BCUT2D eigenvalue weighted by atomic mass is 10.6. The highest BCUT2D eigenvalue weighted by Gasteiger charge is 2.18. The summed E-state index contributed by atoms with van der Waals surface area (Å²) in [5.41, 5.74) is 10.1. The number of rotatable bonds is 1. The van der Waals surface area contributed by atoms with Crippen LogP contribution in [0.25, 0.3) is 0 Å². The lowest BCUT2D eigenvalue weighted by molar-refractivity contribution is 1.13. The van der Waals surface area contributed by atoms with E-state index in [4.69, 9.17) is 16.9 Å². The molecule has 5 heteroatoms. The standard InChI is InChI=1S/C2H5Br2N3/c3-2(4,7)1(5)6/h7H2,(H3,5,6). The van der Waals surface area contributed by atoms with Crippen LogP contribution in [0, 0.1) is 5.41 Å². The molecular weight excluding hydrogens is 226 g/mol. The van der Waals surface area contributed by atoms with Crippen molar-refractivity contribution in [1.29, 1.82) is 5.41 Å². The molecule has 0 aliphatic rings. The van der Waals surface area contributed by atoms with Crippen LogP contribution in [0.3, 0.4) is 0 Å². The van der Waals surface area contributed by atoms with Crippen LogP contribution in [-0.2, 0) is 0 Å². The Morgan fingerprint density at radius 3 is 1.71 bits per heavy atom. The van der Waals surface area contributed by atoms with Crippen LogP contribution < -0.4 is 11.5 Å². The number of amidine groups is 1. The molecule has 0 saturated heterocycles. The highest BCUT2D eigenvalue weighted by atomic mass is 79.9. The molecule has 0 aromatic heterocycles. The summed E-state index contributed by atoms with van der Waals surface area (Å²) in [6, 6.07) is 0. The molecule has 0 amide bonds. The first kappa shape index (κ1) is 7.39. The van der Waals surface area contributed by atoms with Crippen LogP contribution in [0.5, 0.6) is 0 Å². The lowest BCUT2D eigenvalue weighted by Gasteiger charge is -2.09. The van der Waals surface area contributed by atoms with E-state index >= 15 is 0 Å². The molecule has 0 radical (unpaired) electrons. The summed E-state index contributed by atoms with van der Waals surface area (Å²) in [6.45, 7) is 0. The predicted molar refractivity (Wildman–Crippen MR) is 36.7 cm³/mol. The fourth-order valence-electron chi connectivity index (χ4n) is 0. The van der Waals surface area contributed by atoms with E-state index in [2.05, 4.69) is 31.9 Å². The van der Waals surface area contributed by atoms with Crippen molar-refractivity contribution < 1.29 is 0 Å². The average molecular weight is 231 g/mol. The number of nitrogens with two attached hydrogens (primary N) is 2. The highest BCUT2D eigenvalue weighted by molar-refractivity contribution is 9.25. The van der Waals surface area contributed by atoms with E-state index in [1.54, 1.807) is 0 Å². The largest absolute Gasteiger partial charge is 0.385 e. The van der Waals surface area contributed by atoms with Crippen LogP contribution in [0.4, 0.5) is 0 Å². The van der Waals surface area contributed by atoms with E-state index < -0.39 is 3.36 Å². The van der Waals surface area contributed by atoms with Crippen LogP contribution in [0.2, 0.25) is 0 Å². The van der Waals surface area contributed by atoms with Gasteiger partial charge in [-0.2, -0.15) is 0 Å². The minimum absolute atomic E-state index is 0.146. The molecule has 0 atom stereocenters. The second kappa shape index (κ2) is 2.11. The van der Waals surface area contributed by atoms with Gasteiger partial charge in [0.2, 0.25) is 0 Å². The van der Waals surface area contributed by atoms with Crippen LogP contribution in [-0.4, -0.2) is 9.19 Å². The number of hydrogen-bond acceptors (Lipinski definition) is 2. The molecule has 0 unspecified atom stereocenters. The fraction of sp³-hybridized carbons (Fsp3) is 0.500. The Hall–Kier alpha value is 0.390. The molecule has 0 fully saturated rings. The Labute approximate surface area is 58.2 Å². The van der Waals surface area contributed by atoms with Crippen LogP contribution in [0.15, 0.2) is 0 Å². The Morgan fingerprint density at radius 2 is 1.71 bits per heavy atom. The van der Waals surface area contributed by atoms with E-state index in [1.165, 1.54) is 0 Å². The monoisotopic (exact) mass is 229 g/mol. The van der Waals surface area contributed by atoms with E-state index in [1.807, 2.05) is 0 Å². The molecule has 3 nitrogen and oxygen atoms in total. The molecule has 0 aliphatic carbocycles. The summed E-state index contributed by atoms with van der Waals surface area (Å²) in [5.74, 6) is -0.146. The van der Waals surface area contributed by atoms with E-state index in [0.29, 0.717) is 0 Å². The Bertz CT molecular complexity index is 83.4. The summed E-state index contributed by atoms with van der Waals surface area (Å²) in [7, 11) is 0.